The number of hydrogen-bond acceptors (Lipinski definition) is 5. The molecule has 2 N–H and O–H groups in total. The summed E-state index contributed by atoms with van der Waals surface area (Å²) in [5.41, 5.74) is 5.45. The summed E-state index contributed by atoms with van der Waals surface area (Å²) >= 11 is 0. The van der Waals surface area contributed by atoms with E-state index < -0.39 is 0 Å². The number of amides is 1. The van der Waals surface area contributed by atoms with Gasteiger partial charge in [0.2, 0.25) is 5.91 Å². The Morgan fingerprint density at radius 1 is 1.16 bits per heavy atom. The Morgan fingerprint density at radius 3 is 2.94 bits per heavy atom. The minimum absolute atomic E-state index is 0.00949. The number of fused-ring (bicyclic) bond motifs is 2. The number of ether oxygens (including phenoxy) is 2. The number of carbonyl (C=O) groups excluding carboxylic acids is 1. The summed E-state index contributed by atoms with van der Waals surface area (Å²) in [5.74, 6) is -0.00949. The lowest BCUT2D eigenvalue weighted by molar-refractivity contribution is -0.118. The Balaban J connectivity index is 1.23. The van der Waals surface area contributed by atoms with Crippen LogP contribution in [-0.2, 0) is 27.3 Å². The molecular weight excluding hydrogens is 392 g/mol. The number of anilines is 2. The van der Waals surface area contributed by atoms with E-state index in [9.17, 15) is 4.79 Å². The van der Waals surface area contributed by atoms with Crippen molar-refractivity contribution in [1.82, 2.24) is 4.90 Å². The average molecular weight is 421 g/mol. The van der Waals surface area contributed by atoms with Gasteiger partial charge in [-0.05, 0) is 48.6 Å². The average Bonchev–Trinajstić information content (AvgIpc) is 2.80. The van der Waals surface area contributed by atoms with E-state index in [2.05, 4.69) is 39.8 Å². The van der Waals surface area contributed by atoms with Crippen LogP contribution in [0.4, 0.5) is 11.4 Å². The zero-order valence-electron chi connectivity index (χ0n) is 17.6. The highest BCUT2D eigenvalue weighted by molar-refractivity contribution is 5.95. The predicted molar refractivity (Wildman–Crippen MR) is 120 cm³/mol. The van der Waals surface area contributed by atoms with E-state index in [-0.39, 0.29) is 11.9 Å². The third-order valence-corrected chi connectivity index (χ3v) is 6.08. The lowest BCUT2D eigenvalue weighted by atomic mass is 9.88. The molecule has 1 fully saturated rings. The maximum Gasteiger partial charge on any atom is 0.290 e. The van der Waals surface area contributed by atoms with Crippen molar-refractivity contribution in [2.75, 3.05) is 43.5 Å². The first-order valence-corrected chi connectivity index (χ1v) is 11.0. The van der Waals surface area contributed by atoms with Crippen molar-refractivity contribution >= 4 is 23.3 Å². The standard InChI is InChI=1S/C24H28N4O3/c29-23(15-28-10-12-30-13-11-28)25-19-8-9-21-18(14-19)16-31-24(26-21)27-22-7-3-5-17-4-1-2-6-20(17)22/h1-2,4,6,8-9,14,22H,3,5,7,10-13,15-16H2,(H,25,29)(H,26,27). The van der Waals surface area contributed by atoms with E-state index in [1.54, 1.807) is 0 Å². The molecule has 2 aromatic carbocycles. The molecule has 2 heterocycles. The van der Waals surface area contributed by atoms with Crippen molar-refractivity contribution in [3.8, 4) is 0 Å². The van der Waals surface area contributed by atoms with Gasteiger partial charge >= 0.3 is 0 Å². The lowest BCUT2D eigenvalue weighted by Crippen LogP contribution is -2.41. The smallest absolute Gasteiger partial charge is 0.290 e. The molecule has 0 spiro atoms. The number of carbonyl (C=O) groups is 1. The molecule has 1 saturated heterocycles. The second kappa shape index (κ2) is 9.08. The summed E-state index contributed by atoms with van der Waals surface area (Å²) in [4.78, 5) is 19.3. The van der Waals surface area contributed by atoms with Crippen molar-refractivity contribution in [1.29, 1.82) is 0 Å². The molecule has 31 heavy (non-hydrogen) atoms. The van der Waals surface area contributed by atoms with Crippen LogP contribution >= 0.6 is 0 Å². The highest BCUT2D eigenvalue weighted by Crippen LogP contribution is 2.33. The lowest BCUT2D eigenvalue weighted by Gasteiger charge is -2.26. The molecule has 0 radical (unpaired) electrons. The van der Waals surface area contributed by atoms with Crippen molar-refractivity contribution in [3.05, 3.63) is 59.2 Å². The number of amidine groups is 1. The molecule has 5 rings (SSSR count). The van der Waals surface area contributed by atoms with E-state index in [0.717, 1.165) is 49.3 Å². The number of benzene rings is 2. The Labute approximate surface area is 182 Å². The molecule has 3 aliphatic rings. The van der Waals surface area contributed by atoms with Crippen molar-refractivity contribution in [2.45, 2.75) is 31.9 Å². The molecule has 7 heteroatoms. The van der Waals surface area contributed by atoms with Gasteiger partial charge in [-0.2, -0.15) is 0 Å². The van der Waals surface area contributed by atoms with E-state index in [0.29, 0.717) is 32.4 Å². The van der Waals surface area contributed by atoms with Gasteiger partial charge in [0.05, 0.1) is 25.8 Å². The Morgan fingerprint density at radius 2 is 2.03 bits per heavy atom. The first kappa shape index (κ1) is 20.0. The van der Waals surface area contributed by atoms with Crippen LogP contribution < -0.4 is 10.6 Å². The van der Waals surface area contributed by atoms with Gasteiger partial charge in [0, 0.05) is 30.0 Å². The summed E-state index contributed by atoms with van der Waals surface area (Å²) < 4.78 is 11.2. The molecule has 1 amide bonds. The van der Waals surface area contributed by atoms with Gasteiger partial charge in [-0.1, -0.05) is 24.3 Å². The van der Waals surface area contributed by atoms with E-state index in [1.807, 2.05) is 18.2 Å². The molecular formula is C24H28N4O3. The molecule has 1 unspecified atom stereocenters. The van der Waals surface area contributed by atoms with E-state index >= 15 is 0 Å². The van der Waals surface area contributed by atoms with Crippen molar-refractivity contribution in [3.63, 3.8) is 0 Å². The SMILES string of the molecule is O=C(CN1CCOCC1)Nc1ccc2c(c1)COC(=NC1CCCc3ccccc31)N2. The third-order valence-electron chi connectivity index (χ3n) is 6.08. The fourth-order valence-electron chi connectivity index (χ4n) is 4.45. The molecule has 162 valence electrons. The second-order valence-corrected chi connectivity index (χ2v) is 8.26. The zero-order valence-corrected chi connectivity index (χ0v) is 17.6. The van der Waals surface area contributed by atoms with Gasteiger partial charge in [0.25, 0.3) is 6.02 Å². The largest absolute Gasteiger partial charge is 0.460 e. The number of nitrogens with zero attached hydrogens (tertiary/aromatic N) is 2. The van der Waals surface area contributed by atoms with Gasteiger partial charge in [-0.15, -0.1) is 0 Å². The van der Waals surface area contributed by atoms with Gasteiger partial charge in [0.1, 0.15) is 6.61 Å². The number of morpholine rings is 1. The Hall–Kier alpha value is -2.90. The van der Waals surface area contributed by atoms with Crippen LogP contribution in [0.1, 0.15) is 35.6 Å². The molecule has 0 aromatic heterocycles. The molecule has 1 atom stereocenters. The summed E-state index contributed by atoms with van der Waals surface area (Å²) in [7, 11) is 0. The molecule has 2 aromatic rings. The quantitative estimate of drug-likeness (QED) is 0.794. The number of hydrogen-bond donors (Lipinski definition) is 2. The highest BCUT2D eigenvalue weighted by atomic mass is 16.5. The van der Waals surface area contributed by atoms with Crippen LogP contribution in [0, 0.1) is 0 Å². The second-order valence-electron chi connectivity index (χ2n) is 8.26. The predicted octanol–water partition coefficient (Wildman–Crippen LogP) is 3.33. The Bertz CT molecular complexity index is 985. The van der Waals surface area contributed by atoms with Crippen LogP contribution in [0.25, 0.3) is 0 Å². The summed E-state index contributed by atoms with van der Waals surface area (Å²) in [6.45, 7) is 3.78. The number of nitrogens with one attached hydrogen (secondary N) is 2. The van der Waals surface area contributed by atoms with Gasteiger partial charge in [0.15, 0.2) is 0 Å². The van der Waals surface area contributed by atoms with E-state index in [1.165, 1.54) is 11.1 Å². The highest BCUT2D eigenvalue weighted by Gasteiger charge is 2.22. The minimum atomic E-state index is -0.00949. The van der Waals surface area contributed by atoms with Crippen LogP contribution in [0.2, 0.25) is 0 Å². The van der Waals surface area contributed by atoms with E-state index in [4.69, 9.17) is 14.5 Å². The van der Waals surface area contributed by atoms with Gasteiger partial charge < -0.3 is 20.1 Å². The number of aliphatic imine (C=N–C) groups is 1. The molecule has 0 bridgehead atoms. The summed E-state index contributed by atoms with van der Waals surface area (Å²) in [6, 6.07) is 15.1. The maximum atomic E-state index is 12.4. The normalized spacial score (nSPS) is 22.1. The fourth-order valence-corrected chi connectivity index (χ4v) is 4.45. The molecule has 0 saturated carbocycles. The molecule has 1 aliphatic carbocycles. The summed E-state index contributed by atoms with van der Waals surface area (Å²) in [5, 5.41) is 6.31. The van der Waals surface area contributed by atoms with Crippen LogP contribution in [0.15, 0.2) is 47.5 Å². The van der Waals surface area contributed by atoms with Gasteiger partial charge in [-0.25, -0.2) is 4.99 Å². The number of rotatable bonds is 4. The van der Waals surface area contributed by atoms with Crippen LogP contribution in [0.3, 0.4) is 0 Å². The minimum Gasteiger partial charge on any atom is -0.460 e. The third kappa shape index (κ3) is 4.73. The van der Waals surface area contributed by atoms with Crippen LogP contribution in [0.5, 0.6) is 0 Å². The Kier molecular flexibility index (Phi) is 5.86. The monoisotopic (exact) mass is 420 g/mol. The maximum absolute atomic E-state index is 12.4. The fraction of sp³-hybridized carbons (Fsp3) is 0.417. The first-order valence-electron chi connectivity index (χ1n) is 11.0. The van der Waals surface area contributed by atoms with Crippen LogP contribution in [-0.4, -0.2) is 49.7 Å². The van der Waals surface area contributed by atoms with Gasteiger partial charge in [-0.3, -0.25) is 9.69 Å². The summed E-state index contributed by atoms with van der Waals surface area (Å²) in [6.07, 6.45) is 3.30. The van der Waals surface area contributed by atoms with Crippen molar-refractivity contribution in [2.24, 2.45) is 4.99 Å². The molecule has 7 nitrogen and oxygen atoms in total. The molecule has 2 aliphatic heterocycles. The number of aryl methyl sites for hydroxylation is 1. The topological polar surface area (TPSA) is 75.2 Å². The zero-order chi connectivity index (χ0) is 21.0. The first-order chi connectivity index (χ1) is 15.2. The van der Waals surface area contributed by atoms with Crippen molar-refractivity contribution < 1.29 is 14.3 Å².